The van der Waals surface area contributed by atoms with E-state index in [9.17, 15) is 0 Å². The van der Waals surface area contributed by atoms with Gasteiger partial charge in [-0.15, -0.1) is 6.42 Å². The monoisotopic (exact) mass is 308 g/mol. The van der Waals surface area contributed by atoms with Gasteiger partial charge in [-0.3, -0.25) is 4.68 Å². The Morgan fingerprint density at radius 1 is 1.27 bits per heavy atom. The van der Waals surface area contributed by atoms with Gasteiger partial charge in [0.1, 0.15) is 6.54 Å². The van der Waals surface area contributed by atoms with Gasteiger partial charge in [0.15, 0.2) is 0 Å². The van der Waals surface area contributed by atoms with Crippen molar-refractivity contribution in [1.82, 2.24) is 9.78 Å². The number of nitrogens with zero attached hydrogens (tertiary/aromatic N) is 2. The maximum Gasteiger partial charge on any atom is 0.101 e. The lowest BCUT2D eigenvalue weighted by molar-refractivity contribution is 0.716. The molecule has 0 spiro atoms. The molecule has 0 aliphatic rings. The number of rotatable bonds is 2. The molecule has 0 saturated carbocycles. The Morgan fingerprint density at radius 3 is 2.67 bits per heavy atom. The third kappa shape index (κ3) is 2.39. The van der Waals surface area contributed by atoms with Crippen molar-refractivity contribution in [3.05, 3.63) is 40.2 Å². The summed E-state index contributed by atoms with van der Waals surface area (Å²) < 4.78 is 2.99. The largest absolute Gasteiger partial charge is 0.260 e. The lowest BCUT2D eigenvalue weighted by atomic mass is 10.1. The second kappa shape index (κ2) is 4.49. The molecule has 74 valence electrons. The fraction of sp³-hybridized carbons (Fsp3) is 0.0833. The number of hydrogen-bond donors (Lipinski definition) is 0. The molecule has 0 atom stereocenters. The number of terminal acetylenes is 1. The Balaban J connectivity index is 2.30. The molecule has 0 unspecified atom stereocenters. The molecular weight excluding hydrogens is 299 g/mol. The standard InChI is InChI=1S/C12H9IN2/c1-2-7-15-9-11(8-14-15)10-3-5-12(13)6-4-10/h1,3-6,8-9H,7H2. The van der Waals surface area contributed by atoms with E-state index in [0.29, 0.717) is 6.54 Å². The van der Waals surface area contributed by atoms with Gasteiger partial charge < -0.3 is 0 Å². The van der Waals surface area contributed by atoms with Crippen molar-refractivity contribution in [1.29, 1.82) is 0 Å². The van der Waals surface area contributed by atoms with E-state index in [0.717, 1.165) is 5.56 Å². The molecule has 0 saturated heterocycles. The summed E-state index contributed by atoms with van der Waals surface area (Å²) in [6.45, 7) is 0.518. The van der Waals surface area contributed by atoms with Gasteiger partial charge in [-0.1, -0.05) is 18.1 Å². The second-order valence-electron chi connectivity index (χ2n) is 3.14. The Bertz CT molecular complexity index is 491. The fourth-order valence-corrected chi connectivity index (χ4v) is 1.69. The second-order valence-corrected chi connectivity index (χ2v) is 4.38. The molecule has 3 heteroatoms. The van der Waals surface area contributed by atoms with Crippen LogP contribution in [-0.4, -0.2) is 9.78 Å². The number of hydrogen-bond acceptors (Lipinski definition) is 1. The summed E-state index contributed by atoms with van der Waals surface area (Å²) in [4.78, 5) is 0. The van der Waals surface area contributed by atoms with Gasteiger partial charge in [-0.2, -0.15) is 5.10 Å². The van der Waals surface area contributed by atoms with Crippen molar-refractivity contribution in [3.8, 4) is 23.5 Å². The molecule has 0 bridgehead atoms. The van der Waals surface area contributed by atoms with Crippen molar-refractivity contribution >= 4 is 22.6 Å². The highest BCUT2D eigenvalue weighted by molar-refractivity contribution is 14.1. The van der Waals surface area contributed by atoms with E-state index in [1.807, 2.05) is 12.4 Å². The predicted octanol–water partition coefficient (Wildman–Crippen LogP) is 2.79. The van der Waals surface area contributed by atoms with Crippen LogP contribution in [-0.2, 0) is 6.54 Å². The SMILES string of the molecule is C#CCn1cc(-c2ccc(I)cc2)cn1. The van der Waals surface area contributed by atoms with Crippen LogP contribution in [0.3, 0.4) is 0 Å². The topological polar surface area (TPSA) is 17.8 Å². The van der Waals surface area contributed by atoms with Crippen LogP contribution in [0.2, 0.25) is 0 Å². The van der Waals surface area contributed by atoms with Gasteiger partial charge in [-0.05, 0) is 40.3 Å². The molecule has 0 amide bonds. The van der Waals surface area contributed by atoms with Crippen LogP contribution >= 0.6 is 22.6 Å². The average Bonchev–Trinajstić information content (AvgIpc) is 2.68. The number of benzene rings is 1. The molecule has 0 fully saturated rings. The highest BCUT2D eigenvalue weighted by atomic mass is 127. The molecule has 2 rings (SSSR count). The molecule has 2 nitrogen and oxygen atoms in total. The van der Waals surface area contributed by atoms with Gasteiger partial charge in [0.2, 0.25) is 0 Å². The summed E-state index contributed by atoms with van der Waals surface area (Å²) in [6.07, 6.45) is 9.01. The summed E-state index contributed by atoms with van der Waals surface area (Å²) in [5.41, 5.74) is 2.26. The van der Waals surface area contributed by atoms with E-state index in [4.69, 9.17) is 6.42 Å². The Hall–Kier alpha value is -1.28. The van der Waals surface area contributed by atoms with Gasteiger partial charge in [0, 0.05) is 15.3 Å². The van der Waals surface area contributed by atoms with Crippen LogP contribution in [0.25, 0.3) is 11.1 Å². The van der Waals surface area contributed by atoms with E-state index in [1.165, 1.54) is 9.13 Å². The minimum atomic E-state index is 0.518. The first-order valence-corrected chi connectivity index (χ1v) is 5.59. The first-order chi connectivity index (χ1) is 7.29. The molecule has 2 aromatic rings. The first-order valence-electron chi connectivity index (χ1n) is 4.51. The summed E-state index contributed by atoms with van der Waals surface area (Å²) >= 11 is 2.29. The van der Waals surface area contributed by atoms with E-state index in [-0.39, 0.29) is 0 Å². The molecule has 15 heavy (non-hydrogen) atoms. The van der Waals surface area contributed by atoms with Crippen molar-refractivity contribution in [2.24, 2.45) is 0 Å². The molecule has 0 N–H and O–H groups in total. The van der Waals surface area contributed by atoms with Crippen LogP contribution in [0.15, 0.2) is 36.7 Å². The van der Waals surface area contributed by atoms with Crippen LogP contribution in [0.1, 0.15) is 0 Å². The Labute approximate surface area is 102 Å². The maximum absolute atomic E-state index is 5.22. The number of aromatic nitrogens is 2. The van der Waals surface area contributed by atoms with Crippen molar-refractivity contribution in [2.45, 2.75) is 6.54 Å². The van der Waals surface area contributed by atoms with E-state index in [2.05, 4.69) is 57.9 Å². The quantitative estimate of drug-likeness (QED) is 0.616. The van der Waals surface area contributed by atoms with Crippen molar-refractivity contribution in [3.63, 3.8) is 0 Å². The van der Waals surface area contributed by atoms with Crippen LogP contribution in [0, 0.1) is 15.9 Å². The van der Waals surface area contributed by atoms with Crippen LogP contribution in [0.4, 0.5) is 0 Å². The van der Waals surface area contributed by atoms with Crippen LogP contribution in [0.5, 0.6) is 0 Å². The zero-order valence-electron chi connectivity index (χ0n) is 8.02. The molecular formula is C12H9IN2. The van der Waals surface area contributed by atoms with E-state index >= 15 is 0 Å². The maximum atomic E-state index is 5.22. The predicted molar refractivity (Wildman–Crippen MR) is 69.2 cm³/mol. The minimum absolute atomic E-state index is 0.518. The smallest absolute Gasteiger partial charge is 0.101 e. The molecule has 1 aromatic carbocycles. The molecule has 0 radical (unpaired) electrons. The lowest BCUT2D eigenvalue weighted by Gasteiger charge is -1.96. The van der Waals surface area contributed by atoms with E-state index in [1.54, 1.807) is 4.68 Å². The molecule has 1 aromatic heterocycles. The Morgan fingerprint density at radius 2 is 2.00 bits per heavy atom. The number of halogens is 1. The van der Waals surface area contributed by atoms with Gasteiger partial charge in [0.25, 0.3) is 0 Å². The third-order valence-corrected chi connectivity index (χ3v) is 2.78. The summed E-state index contributed by atoms with van der Waals surface area (Å²) in [6, 6.07) is 8.32. The van der Waals surface area contributed by atoms with Gasteiger partial charge in [-0.25, -0.2) is 0 Å². The van der Waals surface area contributed by atoms with Gasteiger partial charge in [0.05, 0.1) is 6.20 Å². The summed E-state index contributed by atoms with van der Waals surface area (Å²) in [5, 5.41) is 4.18. The molecule has 0 aliphatic heterocycles. The third-order valence-electron chi connectivity index (χ3n) is 2.06. The lowest BCUT2D eigenvalue weighted by Crippen LogP contribution is -1.93. The highest BCUT2D eigenvalue weighted by Crippen LogP contribution is 2.19. The Kier molecular flexibility index (Phi) is 3.07. The fourth-order valence-electron chi connectivity index (χ4n) is 1.33. The van der Waals surface area contributed by atoms with Crippen molar-refractivity contribution < 1.29 is 0 Å². The molecule has 1 heterocycles. The highest BCUT2D eigenvalue weighted by Gasteiger charge is 2.00. The zero-order chi connectivity index (χ0) is 10.7. The minimum Gasteiger partial charge on any atom is -0.260 e. The summed E-state index contributed by atoms with van der Waals surface area (Å²) in [5.74, 6) is 2.56. The van der Waals surface area contributed by atoms with Gasteiger partial charge >= 0.3 is 0 Å². The molecule has 0 aliphatic carbocycles. The first kappa shape index (κ1) is 10.2. The average molecular weight is 308 g/mol. The van der Waals surface area contributed by atoms with Crippen molar-refractivity contribution in [2.75, 3.05) is 0 Å². The summed E-state index contributed by atoms with van der Waals surface area (Å²) in [7, 11) is 0. The zero-order valence-corrected chi connectivity index (χ0v) is 10.2. The van der Waals surface area contributed by atoms with Crippen LogP contribution < -0.4 is 0 Å². The van der Waals surface area contributed by atoms with E-state index < -0.39 is 0 Å². The normalized spacial score (nSPS) is 9.87.